The SMILES string of the molecule is Cc1ccc(NCC2COCCN2)cc1Cl. The third-order valence-electron chi connectivity index (χ3n) is 2.72. The molecule has 16 heavy (non-hydrogen) atoms. The largest absolute Gasteiger partial charge is 0.383 e. The minimum absolute atomic E-state index is 0.383. The Morgan fingerprint density at radius 3 is 3.12 bits per heavy atom. The molecule has 1 unspecified atom stereocenters. The fraction of sp³-hybridized carbons (Fsp3) is 0.500. The van der Waals surface area contributed by atoms with Gasteiger partial charge < -0.3 is 15.4 Å². The van der Waals surface area contributed by atoms with Crippen LogP contribution < -0.4 is 10.6 Å². The molecular weight excluding hydrogens is 224 g/mol. The highest BCUT2D eigenvalue weighted by atomic mass is 35.5. The molecule has 0 aromatic heterocycles. The molecule has 1 aromatic carbocycles. The van der Waals surface area contributed by atoms with Gasteiger partial charge in [-0.1, -0.05) is 17.7 Å². The van der Waals surface area contributed by atoms with Gasteiger partial charge in [0.05, 0.1) is 13.2 Å². The Labute approximate surface area is 101 Å². The van der Waals surface area contributed by atoms with Crippen LogP contribution in [0.15, 0.2) is 18.2 Å². The van der Waals surface area contributed by atoms with Gasteiger partial charge in [0, 0.05) is 29.8 Å². The Morgan fingerprint density at radius 2 is 2.44 bits per heavy atom. The molecule has 3 nitrogen and oxygen atoms in total. The highest BCUT2D eigenvalue weighted by Gasteiger charge is 2.12. The predicted octanol–water partition coefficient (Wildman–Crippen LogP) is 2.05. The zero-order valence-electron chi connectivity index (χ0n) is 9.42. The zero-order valence-corrected chi connectivity index (χ0v) is 10.2. The summed E-state index contributed by atoms with van der Waals surface area (Å²) >= 11 is 6.06. The lowest BCUT2D eigenvalue weighted by Crippen LogP contribution is -2.45. The maximum Gasteiger partial charge on any atom is 0.0637 e. The van der Waals surface area contributed by atoms with Gasteiger partial charge in [0.15, 0.2) is 0 Å². The molecule has 2 N–H and O–H groups in total. The summed E-state index contributed by atoms with van der Waals surface area (Å²) in [5.41, 5.74) is 2.16. The first-order chi connectivity index (χ1) is 7.75. The molecule has 4 heteroatoms. The highest BCUT2D eigenvalue weighted by molar-refractivity contribution is 6.31. The highest BCUT2D eigenvalue weighted by Crippen LogP contribution is 2.19. The predicted molar refractivity (Wildman–Crippen MR) is 67.3 cm³/mol. The van der Waals surface area contributed by atoms with Gasteiger partial charge in [0.1, 0.15) is 0 Å². The number of hydrogen-bond acceptors (Lipinski definition) is 3. The lowest BCUT2D eigenvalue weighted by atomic mass is 10.2. The van der Waals surface area contributed by atoms with Gasteiger partial charge in [-0.15, -0.1) is 0 Å². The van der Waals surface area contributed by atoms with Crippen LogP contribution in [0.2, 0.25) is 5.02 Å². The number of benzene rings is 1. The number of hydrogen-bond donors (Lipinski definition) is 2. The van der Waals surface area contributed by atoms with Gasteiger partial charge >= 0.3 is 0 Å². The minimum atomic E-state index is 0.383. The van der Waals surface area contributed by atoms with Crippen molar-refractivity contribution in [2.75, 3.05) is 31.6 Å². The molecule has 0 saturated carbocycles. The second kappa shape index (κ2) is 5.53. The van der Waals surface area contributed by atoms with Gasteiger partial charge in [0.25, 0.3) is 0 Å². The van der Waals surface area contributed by atoms with Crippen molar-refractivity contribution in [3.05, 3.63) is 28.8 Å². The van der Waals surface area contributed by atoms with E-state index in [4.69, 9.17) is 16.3 Å². The number of anilines is 1. The Kier molecular flexibility index (Phi) is 4.04. The first-order valence-corrected chi connectivity index (χ1v) is 5.94. The van der Waals surface area contributed by atoms with Crippen LogP contribution in [0.3, 0.4) is 0 Å². The van der Waals surface area contributed by atoms with E-state index in [1.54, 1.807) is 0 Å². The van der Waals surface area contributed by atoms with Gasteiger partial charge in [-0.3, -0.25) is 0 Å². The van der Waals surface area contributed by atoms with Crippen molar-refractivity contribution in [3.63, 3.8) is 0 Å². The summed E-state index contributed by atoms with van der Waals surface area (Å²) in [5.74, 6) is 0. The second-order valence-corrected chi connectivity index (χ2v) is 4.48. The molecule has 1 aliphatic heterocycles. The topological polar surface area (TPSA) is 33.3 Å². The summed E-state index contributed by atoms with van der Waals surface area (Å²) in [6.45, 7) is 5.38. The van der Waals surface area contributed by atoms with E-state index in [0.717, 1.165) is 42.6 Å². The van der Waals surface area contributed by atoms with Crippen LogP contribution in [-0.2, 0) is 4.74 Å². The van der Waals surface area contributed by atoms with Gasteiger partial charge in [-0.25, -0.2) is 0 Å². The molecule has 1 saturated heterocycles. The summed E-state index contributed by atoms with van der Waals surface area (Å²) in [6, 6.07) is 6.41. The van der Waals surface area contributed by atoms with Crippen molar-refractivity contribution >= 4 is 17.3 Å². The summed E-state index contributed by atoms with van der Waals surface area (Å²) in [4.78, 5) is 0. The van der Waals surface area contributed by atoms with Crippen LogP contribution in [0.25, 0.3) is 0 Å². The summed E-state index contributed by atoms with van der Waals surface area (Å²) in [7, 11) is 0. The van der Waals surface area contributed by atoms with Crippen LogP contribution >= 0.6 is 11.6 Å². The maximum absolute atomic E-state index is 6.06. The molecular formula is C12H17ClN2O. The molecule has 0 amide bonds. The van der Waals surface area contributed by atoms with Crippen molar-refractivity contribution in [3.8, 4) is 0 Å². The summed E-state index contributed by atoms with van der Waals surface area (Å²) in [6.07, 6.45) is 0. The molecule has 0 spiro atoms. The Hall–Kier alpha value is -0.770. The van der Waals surface area contributed by atoms with E-state index in [2.05, 4.69) is 10.6 Å². The van der Waals surface area contributed by atoms with E-state index in [1.165, 1.54) is 0 Å². The molecule has 2 rings (SSSR count). The van der Waals surface area contributed by atoms with Gasteiger partial charge in [-0.2, -0.15) is 0 Å². The van der Waals surface area contributed by atoms with Crippen LogP contribution in [-0.4, -0.2) is 32.3 Å². The number of halogens is 1. The monoisotopic (exact) mass is 240 g/mol. The Balaban J connectivity index is 1.86. The lowest BCUT2D eigenvalue weighted by molar-refractivity contribution is 0.0806. The van der Waals surface area contributed by atoms with E-state index in [1.807, 2.05) is 25.1 Å². The second-order valence-electron chi connectivity index (χ2n) is 4.07. The van der Waals surface area contributed by atoms with Gasteiger partial charge in [0.2, 0.25) is 0 Å². The van der Waals surface area contributed by atoms with Crippen LogP contribution in [0.4, 0.5) is 5.69 Å². The third kappa shape index (κ3) is 3.11. The first-order valence-electron chi connectivity index (χ1n) is 5.57. The first kappa shape index (κ1) is 11.7. The van der Waals surface area contributed by atoms with E-state index in [-0.39, 0.29) is 0 Å². The molecule has 1 fully saturated rings. The van der Waals surface area contributed by atoms with E-state index >= 15 is 0 Å². The number of morpholine rings is 1. The smallest absolute Gasteiger partial charge is 0.0637 e. The normalized spacial score (nSPS) is 20.8. The Bertz CT molecular complexity index is 351. The molecule has 1 atom stereocenters. The van der Waals surface area contributed by atoms with Crippen LogP contribution in [0.5, 0.6) is 0 Å². The average molecular weight is 241 g/mol. The van der Waals surface area contributed by atoms with Crippen molar-refractivity contribution in [2.24, 2.45) is 0 Å². The summed E-state index contributed by atoms with van der Waals surface area (Å²) < 4.78 is 5.38. The Morgan fingerprint density at radius 1 is 1.56 bits per heavy atom. The molecule has 1 aliphatic rings. The zero-order chi connectivity index (χ0) is 11.4. The lowest BCUT2D eigenvalue weighted by Gasteiger charge is -2.24. The quantitative estimate of drug-likeness (QED) is 0.849. The molecule has 1 aromatic rings. The van der Waals surface area contributed by atoms with Gasteiger partial charge in [-0.05, 0) is 24.6 Å². The third-order valence-corrected chi connectivity index (χ3v) is 3.13. The number of nitrogens with one attached hydrogen (secondary N) is 2. The van der Waals surface area contributed by atoms with Crippen LogP contribution in [0, 0.1) is 6.92 Å². The fourth-order valence-electron chi connectivity index (χ4n) is 1.69. The molecule has 0 bridgehead atoms. The van der Waals surface area contributed by atoms with E-state index in [9.17, 15) is 0 Å². The summed E-state index contributed by atoms with van der Waals surface area (Å²) in [5, 5.41) is 7.55. The standard InChI is InChI=1S/C12H17ClN2O/c1-9-2-3-10(6-12(9)13)15-7-11-8-16-5-4-14-11/h2-3,6,11,14-15H,4-5,7-8H2,1H3. The van der Waals surface area contributed by atoms with Crippen molar-refractivity contribution in [2.45, 2.75) is 13.0 Å². The average Bonchev–Trinajstić information content (AvgIpc) is 2.32. The number of ether oxygens (including phenoxy) is 1. The maximum atomic E-state index is 6.06. The minimum Gasteiger partial charge on any atom is -0.383 e. The molecule has 0 radical (unpaired) electrons. The van der Waals surface area contributed by atoms with Crippen molar-refractivity contribution in [1.82, 2.24) is 5.32 Å². The van der Waals surface area contributed by atoms with Crippen molar-refractivity contribution < 1.29 is 4.74 Å². The van der Waals surface area contributed by atoms with Crippen molar-refractivity contribution in [1.29, 1.82) is 0 Å². The van der Waals surface area contributed by atoms with Crippen LogP contribution in [0.1, 0.15) is 5.56 Å². The number of rotatable bonds is 3. The van der Waals surface area contributed by atoms with E-state index < -0.39 is 0 Å². The molecule has 88 valence electrons. The fourth-order valence-corrected chi connectivity index (χ4v) is 1.88. The number of aryl methyl sites for hydroxylation is 1. The molecule has 0 aliphatic carbocycles. The van der Waals surface area contributed by atoms with E-state index in [0.29, 0.717) is 6.04 Å². The molecule has 1 heterocycles.